The zero-order chi connectivity index (χ0) is 10.8. The molecule has 0 aliphatic rings. The standard InChI is InChI=1S/C6H7ClN2O3S2/c1-13(10,9-14(7,11)12)6-2-4-8-5-3-6/h2-5H,1H3. The second kappa shape index (κ2) is 3.84. The van der Waals surface area contributed by atoms with Crippen LogP contribution >= 0.6 is 10.7 Å². The average Bonchev–Trinajstić information content (AvgIpc) is 2.01. The van der Waals surface area contributed by atoms with Crippen LogP contribution in [-0.2, 0) is 19.0 Å². The molecule has 0 saturated carbocycles. The highest BCUT2D eigenvalue weighted by Crippen LogP contribution is 2.13. The van der Waals surface area contributed by atoms with E-state index in [0.717, 1.165) is 0 Å². The summed E-state index contributed by atoms with van der Waals surface area (Å²) in [6.45, 7) is 0. The molecule has 0 aromatic carbocycles. The SMILES string of the molecule is CS(=O)(=NS(=O)(=O)Cl)c1ccncc1. The maximum Gasteiger partial charge on any atom is 0.347 e. The summed E-state index contributed by atoms with van der Waals surface area (Å²) < 4.78 is 36.0. The molecule has 1 heterocycles. The number of nitrogens with zero attached hydrogens (tertiary/aromatic N) is 2. The summed E-state index contributed by atoms with van der Waals surface area (Å²) in [5.74, 6) is 0. The van der Waals surface area contributed by atoms with E-state index in [1.54, 1.807) is 0 Å². The lowest BCUT2D eigenvalue weighted by atomic mass is 10.5. The zero-order valence-corrected chi connectivity index (χ0v) is 9.51. The van der Waals surface area contributed by atoms with E-state index in [0.29, 0.717) is 0 Å². The van der Waals surface area contributed by atoms with E-state index < -0.39 is 19.0 Å². The van der Waals surface area contributed by atoms with Gasteiger partial charge in [0.15, 0.2) is 0 Å². The van der Waals surface area contributed by atoms with E-state index in [9.17, 15) is 12.6 Å². The largest absolute Gasteiger partial charge is 0.347 e. The highest BCUT2D eigenvalue weighted by atomic mass is 35.7. The molecule has 0 N–H and O–H groups in total. The van der Waals surface area contributed by atoms with Crippen molar-refractivity contribution in [1.82, 2.24) is 4.98 Å². The van der Waals surface area contributed by atoms with Gasteiger partial charge in [0.05, 0.1) is 14.6 Å². The molecular formula is C6H7ClN2O3S2. The molecule has 5 nitrogen and oxygen atoms in total. The second-order valence-electron chi connectivity index (χ2n) is 2.47. The zero-order valence-electron chi connectivity index (χ0n) is 7.12. The number of hydrogen-bond donors (Lipinski definition) is 0. The lowest BCUT2D eigenvalue weighted by Gasteiger charge is -2.00. The van der Waals surface area contributed by atoms with Crippen molar-refractivity contribution in [3.63, 3.8) is 0 Å². The van der Waals surface area contributed by atoms with Crippen LogP contribution in [0.2, 0.25) is 0 Å². The van der Waals surface area contributed by atoms with E-state index in [-0.39, 0.29) is 4.90 Å². The van der Waals surface area contributed by atoms with Gasteiger partial charge in [-0.1, -0.05) is 3.77 Å². The minimum Gasteiger partial charge on any atom is -0.265 e. The minimum absolute atomic E-state index is 0.275. The summed E-state index contributed by atoms with van der Waals surface area (Å²) in [4.78, 5) is 3.98. The van der Waals surface area contributed by atoms with Crippen molar-refractivity contribution >= 4 is 29.6 Å². The van der Waals surface area contributed by atoms with Crippen molar-refractivity contribution in [3.8, 4) is 0 Å². The summed E-state index contributed by atoms with van der Waals surface area (Å²) in [6, 6.07) is 2.85. The number of aromatic nitrogens is 1. The molecule has 0 aliphatic heterocycles. The molecule has 1 aromatic rings. The summed E-state index contributed by atoms with van der Waals surface area (Å²) in [7, 11) is -2.25. The molecule has 0 saturated heterocycles. The van der Waals surface area contributed by atoms with E-state index in [1.807, 2.05) is 0 Å². The summed E-state index contributed by atoms with van der Waals surface area (Å²) in [6.07, 6.45) is 3.99. The molecule has 0 aliphatic carbocycles. The first-order valence-corrected chi connectivity index (χ1v) is 7.58. The van der Waals surface area contributed by atoms with Crippen LogP contribution in [0.25, 0.3) is 0 Å². The van der Waals surface area contributed by atoms with E-state index in [2.05, 4.69) is 8.75 Å². The highest BCUT2D eigenvalue weighted by molar-refractivity contribution is 8.17. The van der Waals surface area contributed by atoms with Gasteiger partial charge in [0.25, 0.3) is 0 Å². The van der Waals surface area contributed by atoms with Crippen LogP contribution in [0.1, 0.15) is 0 Å². The molecule has 1 unspecified atom stereocenters. The van der Waals surface area contributed by atoms with Crippen molar-refractivity contribution in [1.29, 1.82) is 0 Å². The number of pyridine rings is 1. The smallest absolute Gasteiger partial charge is 0.265 e. The summed E-state index contributed by atoms with van der Waals surface area (Å²) in [5, 5.41) is 0. The van der Waals surface area contributed by atoms with Crippen molar-refractivity contribution in [3.05, 3.63) is 24.5 Å². The fourth-order valence-corrected chi connectivity index (χ4v) is 4.10. The Bertz CT molecular complexity index is 531. The van der Waals surface area contributed by atoms with Gasteiger partial charge < -0.3 is 0 Å². The first-order chi connectivity index (χ1) is 6.31. The van der Waals surface area contributed by atoms with Crippen LogP contribution in [0.3, 0.4) is 0 Å². The Balaban J connectivity index is 3.37. The molecule has 0 spiro atoms. The molecule has 0 radical (unpaired) electrons. The van der Waals surface area contributed by atoms with Gasteiger partial charge in [-0.25, -0.2) is 4.21 Å². The van der Waals surface area contributed by atoms with Crippen LogP contribution in [0.15, 0.2) is 33.2 Å². The van der Waals surface area contributed by atoms with Gasteiger partial charge in [-0.3, -0.25) is 4.98 Å². The second-order valence-corrected chi connectivity index (χ2v) is 7.14. The normalized spacial score (nSPS) is 15.9. The number of halogens is 1. The molecule has 1 aromatic heterocycles. The molecule has 1 rings (SSSR count). The van der Waals surface area contributed by atoms with Gasteiger partial charge in [0.1, 0.15) is 0 Å². The molecule has 78 valence electrons. The Kier molecular flexibility index (Phi) is 3.13. The monoisotopic (exact) mass is 254 g/mol. The van der Waals surface area contributed by atoms with Gasteiger partial charge >= 0.3 is 9.24 Å². The molecule has 1 atom stereocenters. The van der Waals surface area contributed by atoms with Gasteiger partial charge in [-0.2, -0.15) is 8.42 Å². The average molecular weight is 255 g/mol. The predicted molar refractivity (Wildman–Crippen MR) is 53.8 cm³/mol. The maximum absolute atomic E-state index is 11.7. The van der Waals surface area contributed by atoms with E-state index >= 15 is 0 Å². The molecule has 0 fully saturated rings. The van der Waals surface area contributed by atoms with Crippen molar-refractivity contribution in [2.75, 3.05) is 6.26 Å². The first kappa shape index (κ1) is 11.4. The van der Waals surface area contributed by atoms with Crippen LogP contribution < -0.4 is 0 Å². The maximum atomic E-state index is 11.7. The van der Waals surface area contributed by atoms with Crippen LogP contribution in [0.5, 0.6) is 0 Å². The Labute approximate surface area is 86.9 Å². The van der Waals surface area contributed by atoms with Crippen molar-refractivity contribution in [2.24, 2.45) is 3.77 Å². The lowest BCUT2D eigenvalue weighted by Crippen LogP contribution is -2.00. The number of rotatable bonds is 2. The third kappa shape index (κ3) is 3.24. The predicted octanol–water partition coefficient (Wildman–Crippen LogP) is 1.02. The fraction of sp³-hybridized carbons (Fsp3) is 0.167. The van der Waals surface area contributed by atoms with E-state index in [1.165, 1.54) is 30.8 Å². The van der Waals surface area contributed by atoms with Crippen molar-refractivity contribution in [2.45, 2.75) is 4.90 Å². The Morgan fingerprint density at radius 1 is 1.29 bits per heavy atom. The Morgan fingerprint density at radius 3 is 2.21 bits per heavy atom. The molecule has 0 bridgehead atoms. The quantitative estimate of drug-likeness (QED) is 0.739. The van der Waals surface area contributed by atoms with Gasteiger partial charge in [-0.15, -0.1) is 0 Å². The molecule has 8 heteroatoms. The molecule has 14 heavy (non-hydrogen) atoms. The van der Waals surface area contributed by atoms with Crippen molar-refractivity contribution < 1.29 is 12.6 Å². The topological polar surface area (TPSA) is 76.5 Å². The molecular weight excluding hydrogens is 248 g/mol. The highest BCUT2D eigenvalue weighted by Gasteiger charge is 2.10. The lowest BCUT2D eigenvalue weighted by molar-refractivity contribution is 0.611. The fourth-order valence-electron chi connectivity index (χ4n) is 0.804. The third-order valence-corrected chi connectivity index (χ3v) is 4.82. The summed E-state index contributed by atoms with van der Waals surface area (Å²) >= 11 is 0. The van der Waals surface area contributed by atoms with Crippen LogP contribution in [0, 0.1) is 0 Å². The molecule has 0 amide bonds. The van der Waals surface area contributed by atoms with Crippen LogP contribution in [0.4, 0.5) is 0 Å². The Hall–Kier alpha value is -0.660. The van der Waals surface area contributed by atoms with E-state index in [4.69, 9.17) is 10.7 Å². The van der Waals surface area contributed by atoms with Gasteiger partial charge in [0, 0.05) is 29.3 Å². The van der Waals surface area contributed by atoms with Gasteiger partial charge in [0.2, 0.25) is 0 Å². The van der Waals surface area contributed by atoms with Gasteiger partial charge in [-0.05, 0) is 12.1 Å². The van der Waals surface area contributed by atoms with Crippen LogP contribution in [-0.4, -0.2) is 23.9 Å². The first-order valence-electron chi connectivity index (χ1n) is 3.39. The summed E-state index contributed by atoms with van der Waals surface area (Å²) in [5.41, 5.74) is 0. The number of hydrogen-bond acceptors (Lipinski definition) is 4. The minimum atomic E-state index is -4.13. The third-order valence-electron chi connectivity index (χ3n) is 1.32. The Morgan fingerprint density at radius 2 is 1.79 bits per heavy atom.